The van der Waals surface area contributed by atoms with Crippen molar-refractivity contribution in [3.63, 3.8) is 0 Å². The zero-order valence-electron chi connectivity index (χ0n) is 5.37. The van der Waals surface area contributed by atoms with Gasteiger partial charge in [0.25, 0.3) is 0 Å². The van der Waals surface area contributed by atoms with Gasteiger partial charge in [-0.3, -0.25) is 0 Å². The van der Waals surface area contributed by atoms with Gasteiger partial charge in [-0.05, 0) is 22.6 Å². The number of allylic oxidation sites excluding steroid dienone is 1. The maximum absolute atomic E-state index is 11.5. The summed E-state index contributed by atoms with van der Waals surface area (Å²) >= 11 is 1.75. The molecule has 0 aromatic carbocycles. The molecule has 0 bridgehead atoms. The fourth-order valence-corrected chi connectivity index (χ4v) is 0.526. The lowest BCUT2D eigenvalue weighted by Crippen LogP contribution is -2.24. The van der Waals surface area contributed by atoms with E-state index >= 15 is 0 Å². The lowest BCUT2D eigenvalue weighted by Gasteiger charge is -2.04. The van der Waals surface area contributed by atoms with Crippen molar-refractivity contribution in [1.29, 1.82) is 5.41 Å². The molecule has 0 aliphatic carbocycles. The van der Waals surface area contributed by atoms with E-state index in [2.05, 4.69) is 0 Å². The number of nitrogens with one attached hydrogen (secondary N) is 2. The van der Waals surface area contributed by atoms with Crippen LogP contribution in [0.5, 0.6) is 0 Å². The predicted molar refractivity (Wildman–Crippen MR) is 44.9 cm³/mol. The summed E-state index contributed by atoms with van der Waals surface area (Å²) in [6, 6.07) is 0. The van der Waals surface area contributed by atoms with Crippen molar-refractivity contribution >= 4 is 28.8 Å². The van der Waals surface area contributed by atoms with Gasteiger partial charge in [-0.25, -0.2) is 0 Å². The highest BCUT2D eigenvalue weighted by Gasteiger charge is 2.25. The van der Waals surface area contributed by atoms with Crippen LogP contribution >= 0.6 is 22.6 Å². The van der Waals surface area contributed by atoms with Crippen LogP contribution in [-0.2, 0) is 0 Å². The van der Waals surface area contributed by atoms with E-state index in [1.807, 2.05) is 5.32 Å². The average molecular weight is 278 g/mol. The van der Waals surface area contributed by atoms with Crippen molar-refractivity contribution in [1.82, 2.24) is 5.32 Å². The van der Waals surface area contributed by atoms with Crippen LogP contribution in [0.3, 0.4) is 0 Å². The third-order valence-electron chi connectivity index (χ3n) is 0.680. The van der Waals surface area contributed by atoms with Crippen molar-refractivity contribution < 1.29 is 13.2 Å². The van der Waals surface area contributed by atoms with E-state index in [1.165, 1.54) is 0 Å². The monoisotopic (exact) mass is 278 g/mol. The van der Waals surface area contributed by atoms with Crippen LogP contribution in [0.15, 0.2) is 9.78 Å². The zero-order valence-corrected chi connectivity index (χ0v) is 7.53. The summed E-state index contributed by atoms with van der Waals surface area (Å²) in [4.78, 5) is 0. The Morgan fingerprint density at radius 2 is 2.09 bits per heavy atom. The SMILES string of the molecule is N=C/C(I)=C\NCC(F)(F)F. The maximum atomic E-state index is 11.5. The Morgan fingerprint density at radius 1 is 1.55 bits per heavy atom. The highest BCUT2D eigenvalue weighted by Crippen LogP contribution is 2.12. The van der Waals surface area contributed by atoms with Gasteiger partial charge in [0.05, 0.1) is 0 Å². The molecule has 2 N–H and O–H groups in total. The molecule has 0 amide bonds. The second-order valence-electron chi connectivity index (χ2n) is 1.67. The highest BCUT2D eigenvalue weighted by atomic mass is 127. The molecule has 0 rings (SSSR count). The van der Waals surface area contributed by atoms with E-state index in [0.29, 0.717) is 3.58 Å². The molecule has 0 radical (unpaired) electrons. The molecule has 0 aliphatic heterocycles. The molecule has 0 aromatic heterocycles. The molecule has 0 unspecified atom stereocenters. The van der Waals surface area contributed by atoms with Gasteiger partial charge in [0, 0.05) is 16.0 Å². The van der Waals surface area contributed by atoms with Gasteiger partial charge in [0.15, 0.2) is 0 Å². The van der Waals surface area contributed by atoms with Crippen LogP contribution in [0.1, 0.15) is 0 Å². The first kappa shape index (κ1) is 10.7. The standard InChI is InChI=1S/C5H6F3IN2/c6-5(7,8)3-11-2-4(9)1-10/h1-2,10-11H,3H2/b4-2+,10-1?. The van der Waals surface area contributed by atoms with Gasteiger partial charge in [-0.1, -0.05) is 0 Å². The molecule has 0 fully saturated rings. The first-order valence-corrected chi connectivity index (χ1v) is 3.70. The number of alkyl halides is 3. The van der Waals surface area contributed by atoms with Crippen molar-refractivity contribution in [3.05, 3.63) is 9.78 Å². The number of hydrogen-bond acceptors (Lipinski definition) is 2. The van der Waals surface area contributed by atoms with Crippen molar-refractivity contribution in [3.8, 4) is 0 Å². The summed E-state index contributed by atoms with van der Waals surface area (Å²) in [6.45, 7) is -1.06. The normalized spacial score (nSPS) is 12.9. The quantitative estimate of drug-likeness (QED) is 0.601. The van der Waals surface area contributed by atoms with Crippen LogP contribution in [-0.4, -0.2) is 18.9 Å². The first-order valence-electron chi connectivity index (χ1n) is 2.62. The Labute approximate surface area is 75.5 Å². The Balaban J connectivity index is 3.65. The van der Waals surface area contributed by atoms with Gasteiger partial charge in [0.2, 0.25) is 0 Å². The number of halogens is 4. The lowest BCUT2D eigenvalue weighted by atomic mass is 10.6. The molecule has 0 heterocycles. The summed E-state index contributed by atoms with van der Waals surface area (Å²) in [6.07, 6.45) is -2.10. The third-order valence-corrected chi connectivity index (χ3v) is 1.30. The van der Waals surface area contributed by atoms with E-state index in [-0.39, 0.29) is 0 Å². The lowest BCUT2D eigenvalue weighted by molar-refractivity contribution is -0.122. The van der Waals surface area contributed by atoms with E-state index in [1.54, 1.807) is 22.6 Å². The third kappa shape index (κ3) is 7.63. The minimum absolute atomic E-state index is 0.423. The Morgan fingerprint density at radius 3 is 2.45 bits per heavy atom. The second-order valence-corrected chi connectivity index (χ2v) is 2.92. The van der Waals surface area contributed by atoms with Crippen LogP contribution in [0.4, 0.5) is 13.2 Å². The fourth-order valence-electron chi connectivity index (χ4n) is 0.306. The number of rotatable bonds is 3. The van der Waals surface area contributed by atoms with Crippen molar-refractivity contribution in [2.45, 2.75) is 6.18 Å². The van der Waals surface area contributed by atoms with Crippen molar-refractivity contribution in [2.24, 2.45) is 0 Å². The Kier molecular flexibility index (Phi) is 4.46. The van der Waals surface area contributed by atoms with E-state index < -0.39 is 12.7 Å². The molecule has 0 saturated carbocycles. The topological polar surface area (TPSA) is 35.9 Å². The molecule has 0 saturated heterocycles. The molecule has 0 aliphatic rings. The first-order chi connectivity index (χ1) is 4.95. The molecular weight excluding hydrogens is 272 g/mol. The van der Waals surface area contributed by atoms with E-state index in [0.717, 1.165) is 12.4 Å². The molecule has 0 atom stereocenters. The zero-order chi connectivity index (χ0) is 8.91. The Bertz CT molecular complexity index is 164. The van der Waals surface area contributed by atoms with E-state index in [4.69, 9.17) is 5.41 Å². The van der Waals surface area contributed by atoms with Gasteiger partial charge in [-0.15, -0.1) is 0 Å². The van der Waals surface area contributed by atoms with Crippen LogP contribution in [0.2, 0.25) is 0 Å². The summed E-state index contributed by atoms with van der Waals surface area (Å²) in [5, 5.41) is 8.65. The number of hydrogen-bond donors (Lipinski definition) is 2. The van der Waals surface area contributed by atoms with Gasteiger partial charge in [-0.2, -0.15) is 13.2 Å². The average Bonchev–Trinajstić information content (AvgIpc) is 1.85. The van der Waals surface area contributed by atoms with Crippen molar-refractivity contribution in [2.75, 3.05) is 6.54 Å². The van der Waals surface area contributed by atoms with Crippen LogP contribution < -0.4 is 5.32 Å². The predicted octanol–water partition coefficient (Wildman–Crippen LogP) is 2.06. The molecule has 64 valence electrons. The van der Waals surface area contributed by atoms with Crippen LogP contribution in [0, 0.1) is 5.41 Å². The smallest absolute Gasteiger partial charge is 0.382 e. The molecule has 11 heavy (non-hydrogen) atoms. The van der Waals surface area contributed by atoms with Gasteiger partial charge >= 0.3 is 6.18 Å². The van der Waals surface area contributed by atoms with E-state index in [9.17, 15) is 13.2 Å². The highest BCUT2D eigenvalue weighted by molar-refractivity contribution is 14.1. The van der Waals surface area contributed by atoms with Gasteiger partial charge in [0.1, 0.15) is 6.54 Å². The molecule has 6 heteroatoms. The molecule has 0 aromatic rings. The molecule has 0 spiro atoms. The summed E-state index contributed by atoms with van der Waals surface area (Å²) in [7, 11) is 0. The summed E-state index contributed by atoms with van der Waals surface area (Å²) in [5.74, 6) is 0. The second kappa shape index (κ2) is 4.58. The Hall–Kier alpha value is -0.270. The maximum Gasteiger partial charge on any atom is 0.405 e. The molecular formula is C5H6F3IN2. The molecule has 2 nitrogen and oxygen atoms in total. The van der Waals surface area contributed by atoms with Gasteiger partial charge < -0.3 is 10.7 Å². The largest absolute Gasteiger partial charge is 0.405 e. The summed E-state index contributed by atoms with van der Waals surface area (Å²) < 4.78 is 34.8. The fraction of sp³-hybridized carbons (Fsp3) is 0.400. The summed E-state index contributed by atoms with van der Waals surface area (Å²) in [5.41, 5.74) is 0. The van der Waals surface area contributed by atoms with Crippen LogP contribution in [0.25, 0.3) is 0 Å². The minimum atomic E-state index is -4.20. The minimum Gasteiger partial charge on any atom is -0.382 e.